The zero-order valence-corrected chi connectivity index (χ0v) is 19.3. The molecule has 0 aliphatic heterocycles. The van der Waals surface area contributed by atoms with E-state index in [0.29, 0.717) is 11.5 Å². The maximum Gasteiger partial charge on any atom is 0.276 e. The van der Waals surface area contributed by atoms with Gasteiger partial charge in [0.1, 0.15) is 5.82 Å². The van der Waals surface area contributed by atoms with Crippen molar-refractivity contribution in [1.29, 1.82) is 0 Å². The van der Waals surface area contributed by atoms with Crippen molar-refractivity contribution in [2.75, 3.05) is 24.3 Å². The zero-order valence-electron chi connectivity index (χ0n) is 19.3. The van der Waals surface area contributed by atoms with Crippen molar-refractivity contribution < 1.29 is 9.72 Å². The van der Waals surface area contributed by atoms with Crippen LogP contribution in [-0.4, -0.2) is 47.0 Å². The minimum atomic E-state index is -0.452. The molecule has 2 aromatic carbocycles. The third-order valence-electron chi connectivity index (χ3n) is 5.96. The molecule has 176 valence electrons. The molecule has 0 saturated heterocycles. The summed E-state index contributed by atoms with van der Waals surface area (Å²) in [7, 11) is 3.94. The van der Waals surface area contributed by atoms with Crippen LogP contribution in [0, 0.1) is 10.1 Å². The molecule has 1 heterocycles. The van der Waals surface area contributed by atoms with Gasteiger partial charge in [-0.2, -0.15) is 4.98 Å². The standard InChI is InChI=1S/C25H28N6O3/c1-30(2)24-20-8-4-5-9-21(20)28-25(29-24)27-19-14-12-18(13-15-19)26-23(32)16-11-17-7-3-6-10-22(17)31(33)34/h3-11,16,18-19H,12-15H2,1-2H3,(H,26,32)(H,27,28,29)/b16-11+. The number of nitro groups is 1. The highest BCUT2D eigenvalue weighted by atomic mass is 16.6. The number of benzene rings is 2. The van der Waals surface area contributed by atoms with E-state index in [-0.39, 0.29) is 23.7 Å². The Hall–Kier alpha value is -4.01. The summed E-state index contributed by atoms with van der Waals surface area (Å²) in [6.07, 6.45) is 6.27. The molecule has 2 N–H and O–H groups in total. The van der Waals surface area contributed by atoms with Crippen LogP contribution >= 0.6 is 0 Å². The number of carbonyl (C=O) groups is 1. The summed E-state index contributed by atoms with van der Waals surface area (Å²) in [5.41, 5.74) is 1.28. The van der Waals surface area contributed by atoms with Crippen LogP contribution < -0.4 is 15.5 Å². The number of aromatic nitrogens is 2. The highest BCUT2D eigenvalue weighted by molar-refractivity contribution is 5.92. The lowest BCUT2D eigenvalue weighted by Crippen LogP contribution is -2.39. The molecule has 1 amide bonds. The topological polar surface area (TPSA) is 113 Å². The second kappa shape index (κ2) is 10.3. The van der Waals surface area contributed by atoms with E-state index in [4.69, 9.17) is 4.98 Å². The van der Waals surface area contributed by atoms with Gasteiger partial charge in [0.05, 0.1) is 16.0 Å². The molecule has 0 spiro atoms. The molecule has 9 nitrogen and oxygen atoms in total. The fourth-order valence-electron chi connectivity index (χ4n) is 4.24. The highest BCUT2D eigenvalue weighted by Gasteiger charge is 2.23. The third-order valence-corrected chi connectivity index (χ3v) is 5.96. The van der Waals surface area contributed by atoms with Crippen LogP contribution in [0.15, 0.2) is 54.6 Å². The average molecular weight is 461 g/mol. The van der Waals surface area contributed by atoms with Gasteiger partial charge in [-0.3, -0.25) is 14.9 Å². The molecule has 0 radical (unpaired) electrons. The summed E-state index contributed by atoms with van der Waals surface area (Å²) in [4.78, 5) is 34.4. The number of para-hydroxylation sites is 2. The molecule has 4 rings (SSSR count). The van der Waals surface area contributed by atoms with Crippen molar-refractivity contribution in [3.8, 4) is 0 Å². The van der Waals surface area contributed by atoms with E-state index in [1.807, 2.05) is 43.3 Å². The number of nitrogens with zero attached hydrogens (tertiary/aromatic N) is 4. The molecule has 34 heavy (non-hydrogen) atoms. The van der Waals surface area contributed by atoms with E-state index in [1.54, 1.807) is 18.2 Å². The number of carbonyl (C=O) groups excluding carboxylic acids is 1. The second-order valence-corrected chi connectivity index (χ2v) is 8.63. The Labute approximate surface area is 198 Å². The summed E-state index contributed by atoms with van der Waals surface area (Å²) >= 11 is 0. The first-order valence-corrected chi connectivity index (χ1v) is 11.3. The highest BCUT2D eigenvalue weighted by Crippen LogP contribution is 2.26. The van der Waals surface area contributed by atoms with Crippen molar-refractivity contribution in [2.24, 2.45) is 0 Å². The lowest BCUT2D eigenvalue weighted by molar-refractivity contribution is -0.385. The van der Waals surface area contributed by atoms with Gasteiger partial charge in [0.15, 0.2) is 0 Å². The first kappa shape index (κ1) is 23.2. The van der Waals surface area contributed by atoms with Crippen molar-refractivity contribution in [1.82, 2.24) is 15.3 Å². The number of nitrogens with one attached hydrogen (secondary N) is 2. The number of rotatable bonds is 7. The average Bonchev–Trinajstić information content (AvgIpc) is 2.83. The van der Waals surface area contributed by atoms with E-state index in [9.17, 15) is 14.9 Å². The number of hydrogen-bond donors (Lipinski definition) is 2. The van der Waals surface area contributed by atoms with E-state index >= 15 is 0 Å². The molecule has 3 aromatic rings. The van der Waals surface area contributed by atoms with Crippen LogP contribution in [0.4, 0.5) is 17.5 Å². The Bertz CT molecular complexity index is 1220. The number of fused-ring (bicyclic) bond motifs is 1. The molecule has 9 heteroatoms. The Kier molecular flexibility index (Phi) is 7.01. The van der Waals surface area contributed by atoms with Gasteiger partial charge in [-0.15, -0.1) is 0 Å². The largest absolute Gasteiger partial charge is 0.362 e. The minimum absolute atomic E-state index is 0.0218. The first-order valence-electron chi connectivity index (χ1n) is 11.3. The van der Waals surface area contributed by atoms with Crippen molar-refractivity contribution in [2.45, 2.75) is 37.8 Å². The molecule has 1 aliphatic rings. The Balaban J connectivity index is 1.33. The molecular weight excluding hydrogens is 432 g/mol. The summed E-state index contributed by atoms with van der Waals surface area (Å²) in [5.74, 6) is 1.24. The number of anilines is 2. The van der Waals surface area contributed by atoms with Gasteiger partial charge in [0, 0.05) is 43.7 Å². The quantitative estimate of drug-likeness (QED) is 0.309. The summed E-state index contributed by atoms with van der Waals surface area (Å²) < 4.78 is 0. The van der Waals surface area contributed by atoms with E-state index in [1.165, 1.54) is 18.2 Å². The summed E-state index contributed by atoms with van der Waals surface area (Å²) in [5, 5.41) is 18.6. The van der Waals surface area contributed by atoms with Crippen LogP contribution in [0.1, 0.15) is 31.2 Å². The van der Waals surface area contributed by atoms with Gasteiger partial charge in [0.2, 0.25) is 11.9 Å². The maximum atomic E-state index is 12.4. The van der Waals surface area contributed by atoms with Crippen LogP contribution in [-0.2, 0) is 4.79 Å². The number of hydrogen-bond acceptors (Lipinski definition) is 7. The Morgan fingerprint density at radius 3 is 2.44 bits per heavy atom. The van der Waals surface area contributed by atoms with Crippen LogP contribution in [0.25, 0.3) is 17.0 Å². The Morgan fingerprint density at radius 1 is 1.03 bits per heavy atom. The third kappa shape index (κ3) is 5.48. The first-order chi connectivity index (χ1) is 16.4. The summed E-state index contributed by atoms with van der Waals surface area (Å²) in [6, 6.07) is 14.6. The van der Waals surface area contributed by atoms with Gasteiger partial charge in [-0.25, -0.2) is 4.98 Å². The predicted octanol–water partition coefficient (Wildman–Crippen LogP) is 4.16. The monoisotopic (exact) mass is 460 g/mol. The van der Waals surface area contributed by atoms with E-state index < -0.39 is 4.92 Å². The second-order valence-electron chi connectivity index (χ2n) is 8.63. The number of amides is 1. The smallest absolute Gasteiger partial charge is 0.276 e. The van der Waals surface area contributed by atoms with Gasteiger partial charge in [-0.05, 0) is 50.0 Å². The molecular formula is C25H28N6O3. The van der Waals surface area contributed by atoms with E-state index in [2.05, 4.69) is 15.6 Å². The number of nitro benzene ring substituents is 1. The molecule has 0 atom stereocenters. The van der Waals surface area contributed by atoms with Crippen molar-refractivity contribution in [3.63, 3.8) is 0 Å². The lowest BCUT2D eigenvalue weighted by Gasteiger charge is -2.29. The van der Waals surface area contributed by atoms with Crippen molar-refractivity contribution >= 4 is 40.3 Å². The normalized spacial score (nSPS) is 18.1. The fraction of sp³-hybridized carbons (Fsp3) is 0.320. The Morgan fingerprint density at radius 2 is 1.71 bits per heavy atom. The molecule has 0 unspecified atom stereocenters. The van der Waals surface area contributed by atoms with Crippen LogP contribution in [0.2, 0.25) is 0 Å². The molecule has 1 aliphatic carbocycles. The molecule has 0 bridgehead atoms. The zero-order chi connectivity index (χ0) is 24.1. The minimum Gasteiger partial charge on any atom is -0.362 e. The lowest BCUT2D eigenvalue weighted by atomic mass is 9.91. The predicted molar refractivity (Wildman–Crippen MR) is 134 cm³/mol. The van der Waals surface area contributed by atoms with Crippen molar-refractivity contribution in [3.05, 3.63) is 70.3 Å². The SMILES string of the molecule is CN(C)c1nc(NC2CCC(NC(=O)/C=C/c3ccccc3[N+](=O)[O-])CC2)nc2ccccc12. The molecule has 1 aromatic heterocycles. The summed E-state index contributed by atoms with van der Waals surface area (Å²) in [6.45, 7) is 0. The molecule has 1 saturated carbocycles. The molecule has 1 fully saturated rings. The van der Waals surface area contributed by atoms with Gasteiger partial charge in [0.25, 0.3) is 5.69 Å². The van der Waals surface area contributed by atoms with Crippen LogP contribution in [0.3, 0.4) is 0 Å². The maximum absolute atomic E-state index is 12.4. The van der Waals surface area contributed by atoms with Crippen LogP contribution in [0.5, 0.6) is 0 Å². The fourth-order valence-corrected chi connectivity index (χ4v) is 4.24. The van der Waals surface area contributed by atoms with E-state index in [0.717, 1.165) is 42.4 Å². The van der Waals surface area contributed by atoms with Gasteiger partial charge >= 0.3 is 0 Å². The van der Waals surface area contributed by atoms with Gasteiger partial charge < -0.3 is 15.5 Å². The van der Waals surface area contributed by atoms with Gasteiger partial charge in [-0.1, -0.05) is 24.3 Å².